The Morgan fingerprint density at radius 2 is 1.76 bits per heavy atom. The second-order valence-corrected chi connectivity index (χ2v) is 7.62. The largest absolute Gasteiger partial charge is 0.335 e. The maximum atomic E-state index is 13.2. The van der Waals surface area contributed by atoms with Crippen LogP contribution in [0.25, 0.3) is 17.3 Å². The normalized spacial score (nSPS) is 15.1. The van der Waals surface area contributed by atoms with Crippen LogP contribution in [0.2, 0.25) is 0 Å². The van der Waals surface area contributed by atoms with Crippen LogP contribution in [-0.2, 0) is 0 Å². The molecule has 1 aliphatic heterocycles. The van der Waals surface area contributed by atoms with Gasteiger partial charge in [0.25, 0.3) is 5.91 Å². The van der Waals surface area contributed by atoms with Crippen LogP contribution in [0.15, 0.2) is 60.7 Å². The smallest absolute Gasteiger partial charge is 0.267 e. The number of amides is 1. The predicted octanol–water partition coefficient (Wildman–Crippen LogP) is 3.82. The fourth-order valence-electron chi connectivity index (χ4n) is 3.31. The molecular weight excluding hydrogens is 387 g/mol. The molecular formula is C22H21FN4OS. The molecule has 1 fully saturated rings. The van der Waals surface area contributed by atoms with Crippen molar-refractivity contribution >= 4 is 23.5 Å². The molecule has 7 heteroatoms. The van der Waals surface area contributed by atoms with E-state index < -0.39 is 0 Å². The molecule has 0 unspecified atom stereocenters. The van der Waals surface area contributed by atoms with E-state index >= 15 is 0 Å². The van der Waals surface area contributed by atoms with Gasteiger partial charge in [-0.25, -0.2) is 4.39 Å². The van der Waals surface area contributed by atoms with Gasteiger partial charge in [0, 0.05) is 38.3 Å². The van der Waals surface area contributed by atoms with Gasteiger partial charge in [0.05, 0.1) is 0 Å². The summed E-state index contributed by atoms with van der Waals surface area (Å²) in [6.45, 7) is 3.84. The molecule has 0 N–H and O–H groups in total. The fourth-order valence-corrected chi connectivity index (χ4v) is 3.96. The number of carbonyl (C=O) groups is 1. The quantitative estimate of drug-likeness (QED) is 0.644. The van der Waals surface area contributed by atoms with Crippen LogP contribution in [-0.4, -0.2) is 58.0 Å². The van der Waals surface area contributed by atoms with Gasteiger partial charge in [-0.3, -0.25) is 9.69 Å². The molecule has 5 nitrogen and oxygen atoms in total. The third kappa shape index (κ3) is 4.75. The Morgan fingerprint density at radius 3 is 2.48 bits per heavy atom. The molecule has 0 atom stereocenters. The van der Waals surface area contributed by atoms with Crippen molar-refractivity contribution in [3.63, 3.8) is 0 Å². The van der Waals surface area contributed by atoms with Crippen LogP contribution >= 0.6 is 11.5 Å². The van der Waals surface area contributed by atoms with Crippen molar-refractivity contribution in [1.82, 2.24) is 19.4 Å². The molecule has 1 saturated heterocycles. The van der Waals surface area contributed by atoms with Crippen molar-refractivity contribution < 1.29 is 9.18 Å². The van der Waals surface area contributed by atoms with Gasteiger partial charge >= 0.3 is 0 Å². The number of carbonyl (C=O) groups excluding carboxylic acids is 1. The van der Waals surface area contributed by atoms with Crippen LogP contribution in [0.1, 0.15) is 15.2 Å². The van der Waals surface area contributed by atoms with Gasteiger partial charge in [-0.2, -0.15) is 0 Å². The van der Waals surface area contributed by atoms with E-state index in [2.05, 4.69) is 38.8 Å². The molecule has 148 valence electrons. The summed E-state index contributed by atoms with van der Waals surface area (Å²) in [6.07, 6.45) is 4.28. The van der Waals surface area contributed by atoms with Gasteiger partial charge in [-0.15, -0.1) is 5.10 Å². The van der Waals surface area contributed by atoms with Gasteiger partial charge in [0.2, 0.25) is 0 Å². The highest BCUT2D eigenvalue weighted by atomic mass is 32.1. The highest BCUT2D eigenvalue weighted by Crippen LogP contribution is 2.25. The standard InChI is InChI=1S/C22H21FN4OS/c23-19-10-8-18(9-11-19)20-21(29-25-24-20)22(28)27-15-13-26(14-16-27)12-4-7-17-5-2-1-3-6-17/h1-11H,12-16H2/b7-4+. The molecule has 0 saturated carbocycles. The summed E-state index contributed by atoms with van der Waals surface area (Å²) in [5.41, 5.74) is 2.41. The van der Waals surface area contributed by atoms with Crippen molar-refractivity contribution in [2.75, 3.05) is 32.7 Å². The van der Waals surface area contributed by atoms with Crippen molar-refractivity contribution in [2.24, 2.45) is 0 Å². The summed E-state index contributed by atoms with van der Waals surface area (Å²) in [4.78, 5) is 17.7. The van der Waals surface area contributed by atoms with E-state index in [4.69, 9.17) is 0 Å². The van der Waals surface area contributed by atoms with Crippen molar-refractivity contribution in [3.8, 4) is 11.3 Å². The Morgan fingerprint density at radius 1 is 1.03 bits per heavy atom. The molecule has 2 heterocycles. The van der Waals surface area contributed by atoms with Crippen LogP contribution in [0.5, 0.6) is 0 Å². The third-order valence-electron chi connectivity index (χ3n) is 4.93. The molecule has 4 rings (SSSR count). The molecule has 2 aromatic carbocycles. The molecule has 29 heavy (non-hydrogen) atoms. The van der Waals surface area contributed by atoms with E-state index in [1.807, 2.05) is 23.1 Å². The van der Waals surface area contributed by atoms with E-state index in [1.54, 1.807) is 12.1 Å². The minimum atomic E-state index is -0.317. The summed E-state index contributed by atoms with van der Waals surface area (Å²) in [6, 6.07) is 16.2. The number of nitrogens with zero attached hydrogens (tertiary/aromatic N) is 4. The number of hydrogen-bond acceptors (Lipinski definition) is 5. The van der Waals surface area contributed by atoms with E-state index in [-0.39, 0.29) is 11.7 Å². The van der Waals surface area contributed by atoms with Crippen molar-refractivity contribution in [3.05, 3.63) is 76.9 Å². The molecule has 0 radical (unpaired) electrons. The first-order valence-electron chi connectivity index (χ1n) is 9.52. The van der Waals surface area contributed by atoms with Crippen LogP contribution in [0.4, 0.5) is 4.39 Å². The first-order valence-corrected chi connectivity index (χ1v) is 10.3. The van der Waals surface area contributed by atoms with Crippen LogP contribution in [0.3, 0.4) is 0 Å². The average molecular weight is 409 g/mol. The van der Waals surface area contributed by atoms with Crippen LogP contribution in [0, 0.1) is 5.82 Å². The Kier molecular flexibility index (Phi) is 6.07. The molecule has 0 bridgehead atoms. The summed E-state index contributed by atoms with van der Waals surface area (Å²) in [5, 5.41) is 4.10. The molecule has 1 aromatic heterocycles. The fraction of sp³-hybridized carbons (Fsp3) is 0.227. The summed E-state index contributed by atoms with van der Waals surface area (Å²) in [5.74, 6) is -0.374. The number of benzene rings is 2. The zero-order chi connectivity index (χ0) is 20.1. The minimum Gasteiger partial charge on any atom is -0.335 e. The Hall–Kier alpha value is -2.90. The summed E-state index contributed by atoms with van der Waals surface area (Å²) < 4.78 is 17.1. The predicted molar refractivity (Wildman–Crippen MR) is 113 cm³/mol. The Labute approximate surface area is 173 Å². The second kappa shape index (κ2) is 9.07. The zero-order valence-corrected chi connectivity index (χ0v) is 16.7. The van der Waals surface area contributed by atoms with Gasteiger partial charge < -0.3 is 4.90 Å². The maximum absolute atomic E-state index is 13.2. The number of hydrogen-bond donors (Lipinski definition) is 0. The first-order chi connectivity index (χ1) is 14.2. The van der Waals surface area contributed by atoms with E-state index in [0.29, 0.717) is 29.2 Å². The van der Waals surface area contributed by atoms with Gasteiger partial charge in [0.15, 0.2) is 0 Å². The zero-order valence-electron chi connectivity index (χ0n) is 15.9. The van der Waals surface area contributed by atoms with E-state index in [1.165, 1.54) is 17.7 Å². The van der Waals surface area contributed by atoms with E-state index in [0.717, 1.165) is 31.2 Å². The molecule has 3 aromatic rings. The molecule has 0 spiro atoms. The van der Waals surface area contributed by atoms with Gasteiger partial charge in [-0.1, -0.05) is 47.0 Å². The lowest BCUT2D eigenvalue weighted by Gasteiger charge is -2.33. The highest BCUT2D eigenvalue weighted by Gasteiger charge is 2.26. The maximum Gasteiger partial charge on any atom is 0.267 e. The Balaban J connectivity index is 1.34. The summed E-state index contributed by atoms with van der Waals surface area (Å²) >= 11 is 1.09. The molecule has 0 aliphatic carbocycles. The topological polar surface area (TPSA) is 49.3 Å². The average Bonchev–Trinajstić information content (AvgIpc) is 3.25. The first kappa shape index (κ1) is 19.4. The second-order valence-electron chi connectivity index (χ2n) is 6.86. The van der Waals surface area contributed by atoms with E-state index in [9.17, 15) is 9.18 Å². The van der Waals surface area contributed by atoms with Crippen LogP contribution < -0.4 is 0 Å². The van der Waals surface area contributed by atoms with Crippen molar-refractivity contribution in [2.45, 2.75) is 0 Å². The lowest BCUT2D eigenvalue weighted by Crippen LogP contribution is -2.48. The number of aromatic nitrogens is 2. The third-order valence-corrected chi connectivity index (χ3v) is 5.65. The SMILES string of the molecule is O=C(c1snnc1-c1ccc(F)cc1)N1CCN(C/C=C/c2ccccc2)CC1. The number of piperazine rings is 1. The molecule has 1 aliphatic rings. The summed E-state index contributed by atoms with van der Waals surface area (Å²) in [7, 11) is 0. The lowest BCUT2D eigenvalue weighted by molar-refractivity contribution is 0.0655. The highest BCUT2D eigenvalue weighted by molar-refractivity contribution is 7.08. The lowest BCUT2D eigenvalue weighted by atomic mass is 10.1. The molecule has 1 amide bonds. The monoisotopic (exact) mass is 408 g/mol. The van der Waals surface area contributed by atoms with Crippen molar-refractivity contribution in [1.29, 1.82) is 0 Å². The Bertz CT molecular complexity index is 980. The number of rotatable bonds is 5. The van der Waals surface area contributed by atoms with Gasteiger partial charge in [-0.05, 0) is 41.4 Å². The number of halogens is 1. The van der Waals surface area contributed by atoms with Gasteiger partial charge in [0.1, 0.15) is 16.4 Å². The minimum absolute atomic E-state index is 0.0567.